The number of likely N-dealkylation sites (tertiary alicyclic amines) is 1. The van der Waals surface area contributed by atoms with E-state index in [-0.39, 0.29) is 24.9 Å². The summed E-state index contributed by atoms with van der Waals surface area (Å²) in [7, 11) is 0. The molecule has 0 aromatic heterocycles. The molecule has 2 fully saturated rings. The Morgan fingerprint density at radius 3 is 2.88 bits per heavy atom. The summed E-state index contributed by atoms with van der Waals surface area (Å²) in [5.74, 6) is 0.0505. The molecule has 0 unspecified atom stereocenters. The Morgan fingerprint density at radius 1 is 1.32 bits per heavy atom. The summed E-state index contributed by atoms with van der Waals surface area (Å²) in [6.45, 7) is 4.69. The van der Waals surface area contributed by atoms with Crippen molar-refractivity contribution in [2.24, 2.45) is 0 Å². The van der Waals surface area contributed by atoms with Crippen molar-refractivity contribution in [1.29, 1.82) is 0 Å². The first-order valence-electron chi connectivity index (χ1n) is 8.73. The average molecular weight is 352 g/mol. The molecule has 2 aliphatic heterocycles. The Kier molecular flexibility index (Phi) is 5.88. The number of aliphatic hydroxyl groups is 1. The number of hydrogen-bond donors (Lipinski definition) is 1. The van der Waals surface area contributed by atoms with Gasteiger partial charge in [-0.3, -0.25) is 9.69 Å². The van der Waals surface area contributed by atoms with E-state index in [2.05, 4.69) is 4.90 Å². The third-order valence-electron chi connectivity index (χ3n) is 4.73. The van der Waals surface area contributed by atoms with Gasteiger partial charge in [0.1, 0.15) is 23.8 Å². The van der Waals surface area contributed by atoms with Gasteiger partial charge in [0.15, 0.2) is 0 Å². The zero-order valence-corrected chi connectivity index (χ0v) is 14.3. The van der Waals surface area contributed by atoms with Crippen molar-refractivity contribution in [3.63, 3.8) is 0 Å². The van der Waals surface area contributed by atoms with Gasteiger partial charge in [-0.2, -0.15) is 0 Å². The molecule has 1 atom stereocenters. The number of amides is 1. The third kappa shape index (κ3) is 5.14. The zero-order valence-electron chi connectivity index (χ0n) is 14.3. The molecule has 7 heteroatoms. The van der Waals surface area contributed by atoms with Crippen molar-refractivity contribution in [3.8, 4) is 5.75 Å². The molecule has 6 nitrogen and oxygen atoms in total. The molecule has 2 heterocycles. The van der Waals surface area contributed by atoms with Gasteiger partial charge < -0.3 is 19.5 Å². The molecule has 138 valence electrons. The van der Waals surface area contributed by atoms with E-state index in [1.807, 2.05) is 0 Å². The monoisotopic (exact) mass is 352 g/mol. The fraction of sp³-hybridized carbons (Fsp3) is 0.611. The second kappa shape index (κ2) is 8.12. The van der Waals surface area contributed by atoms with E-state index in [1.54, 1.807) is 17.0 Å². The summed E-state index contributed by atoms with van der Waals surface area (Å²) in [6, 6.07) is 5.83. The van der Waals surface area contributed by atoms with Gasteiger partial charge in [0.25, 0.3) is 0 Å². The standard InChI is InChI=1S/C18H25FN2O4/c19-15-2-1-3-16(12-15)25-14-18(23)5-7-21(13-18)17(22)4-6-20-8-10-24-11-9-20/h1-3,12,23H,4-11,13-14H2/t18-/m1/s1. The van der Waals surface area contributed by atoms with E-state index in [1.165, 1.54) is 12.1 Å². The van der Waals surface area contributed by atoms with Crippen LogP contribution in [0.4, 0.5) is 4.39 Å². The van der Waals surface area contributed by atoms with Gasteiger partial charge >= 0.3 is 0 Å². The van der Waals surface area contributed by atoms with Crippen molar-refractivity contribution in [3.05, 3.63) is 30.1 Å². The number of morpholine rings is 1. The van der Waals surface area contributed by atoms with Gasteiger partial charge in [-0.1, -0.05) is 6.07 Å². The number of ether oxygens (including phenoxy) is 2. The normalized spacial score (nSPS) is 24.5. The maximum atomic E-state index is 13.2. The van der Waals surface area contributed by atoms with E-state index in [0.717, 1.165) is 32.8 Å². The van der Waals surface area contributed by atoms with Gasteiger partial charge in [0.2, 0.25) is 5.91 Å². The molecular weight excluding hydrogens is 327 g/mol. The van der Waals surface area contributed by atoms with E-state index in [0.29, 0.717) is 25.1 Å². The maximum absolute atomic E-state index is 13.2. The number of carbonyl (C=O) groups is 1. The van der Waals surface area contributed by atoms with Crippen LogP contribution >= 0.6 is 0 Å². The van der Waals surface area contributed by atoms with Gasteiger partial charge in [-0.25, -0.2) is 4.39 Å². The number of nitrogens with zero attached hydrogens (tertiary/aromatic N) is 2. The van der Waals surface area contributed by atoms with Gasteiger partial charge in [0, 0.05) is 38.7 Å². The molecule has 0 spiro atoms. The fourth-order valence-corrected chi connectivity index (χ4v) is 3.20. The highest BCUT2D eigenvalue weighted by Gasteiger charge is 2.38. The number of β-amino-alcohol motifs (C(OH)–C–C–N with tert-alkyl or cyclic N) is 1. The molecule has 0 saturated carbocycles. The van der Waals surface area contributed by atoms with E-state index in [9.17, 15) is 14.3 Å². The van der Waals surface area contributed by atoms with Crippen LogP contribution in [0.15, 0.2) is 24.3 Å². The summed E-state index contributed by atoms with van der Waals surface area (Å²) < 4.78 is 24.0. The van der Waals surface area contributed by atoms with Crippen molar-refractivity contribution in [2.45, 2.75) is 18.4 Å². The van der Waals surface area contributed by atoms with Gasteiger partial charge in [-0.05, 0) is 18.6 Å². The smallest absolute Gasteiger partial charge is 0.223 e. The van der Waals surface area contributed by atoms with E-state index >= 15 is 0 Å². The largest absolute Gasteiger partial charge is 0.490 e. The zero-order chi connectivity index (χ0) is 17.7. The molecule has 1 N–H and O–H groups in total. The SMILES string of the molecule is O=C(CCN1CCOCC1)N1CC[C@](O)(COc2cccc(F)c2)C1. The summed E-state index contributed by atoms with van der Waals surface area (Å²) in [5.41, 5.74) is -1.08. The lowest BCUT2D eigenvalue weighted by atomic mass is 10.1. The second-order valence-electron chi connectivity index (χ2n) is 6.74. The first-order valence-corrected chi connectivity index (χ1v) is 8.73. The van der Waals surface area contributed by atoms with E-state index in [4.69, 9.17) is 9.47 Å². The molecular formula is C18H25FN2O4. The Morgan fingerprint density at radius 2 is 2.12 bits per heavy atom. The predicted molar refractivity (Wildman–Crippen MR) is 89.9 cm³/mol. The molecule has 1 amide bonds. The second-order valence-corrected chi connectivity index (χ2v) is 6.74. The highest BCUT2D eigenvalue weighted by Crippen LogP contribution is 2.24. The fourth-order valence-electron chi connectivity index (χ4n) is 3.20. The highest BCUT2D eigenvalue weighted by atomic mass is 19.1. The lowest BCUT2D eigenvalue weighted by Gasteiger charge is -2.27. The molecule has 0 radical (unpaired) electrons. The molecule has 1 aromatic rings. The van der Waals surface area contributed by atoms with Crippen LogP contribution in [0.5, 0.6) is 5.75 Å². The Labute approximate surface area is 147 Å². The Balaban J connectivity index is 1.44. The summed E-state index contributed by atoms with van der Waals surface area (Å²) in [4.78, 5) is 16.3. The first-order chi connectivity index (χ1) is 12.0. The lowest BCUT2D eigenvalue weighted by molar-refractivity contribution is -0.132. The van der Waals surface area contributed by atoms with Crippen molar-refractivity contribution < 1.29 is 23.8 Å². The minimum Gasteiger partial charge on any atom is -0.490 e. The van der Waals surface area contributed by atoms with Crippen molar-refractivity contribution in [1.82, 2.24) is 9.80 Å². The van der Waals surface area contributed by atoms with Crippen LogP contribution in [0.2, 0.25) is 0 Å². The van der Waals surface area contributed by atoms with Crippen LogP contribution < -0.4 is 4.74 Å². The van der Waals surface area contributed by atoms with Crippen LogP contribution in [0.1, 0.15) is 12.8 Å². The summed E-state index contributed by atoms with van der Waals surface area (Å²) in [5, 5.41) is 10.6. The number of hydrogen-bond acceptors (Lipinski definition) is 5. The molecule has 0 aliphatic carbocycles. The summed E-state index contributed by atoms with van der Waals surface area (Å²) in [6.07, 6.45) is 0.909. The van der Waals surface area contributed by atoms with Crippen molar-refractivity contribution in [2.75, 3.05) is 52.5 Å². The molecule has 2 aliphatic rings. The minimum atomic E-state index is -1.08. The van der Waals surface area contributed by atoms with E-state index < -0.39 is 5.60 Å². The third-order valence-corrected chi connectivity index (χ3v) is 4.73. The molecule has 2 saturated heterocycles. The Hall–Kier alpha value is -1.70. The van der Waals surface area contributed by atoms with Crippen molar-refractivity contribution >= 4 is 5.91 Å². The van der Waals surface area contributed by atoms with Gasteiger partial charge in [-0.15, -0.1) is 0 Å². The van der Waals surface area contributed by atoms with Crippen LogP contribution in [-0.2, 0) is 9.53 Å². The lowest BCUT2D eigenvalue weighted by Crippen LogP contribution is -2.42. The molecule has 1 aromatic carbocycles. The molecule has 0 bridgehead atoms. The molecule has 25 heavy (non-hydrogen) atoms. The number of rotatable bonds is 6. The predicted octanol–water partition coefficient (Wildman–Crippen LogP) is 0.890. The number of carbonyl (C=O) groups excluding carboxylic acids is 1. The maximum Gasteiger partial charge on any atom is 0.223 e. The van der Waals surface area contributed by atoms with Gasteiger partial charge in [0.05, 0.1) is 19.8 Å². The highest BCUT2D eigenvalue weighted by molar-refractivity contribution is 5.76. The summed E-state index contributed by atoms with van der Waals surface area (Å²) >= 11 is 0. The number of benzene rings is 1. The van der Waals surface area contributed by atoms with Crippen LogP contribution in [0.25, 0.3) is 0 Å². The van der Waals surface area contributed by atoms with Crippen LogP contribution in [-0.4, -0.2) is 79.0 Å². The topological polar surface area (TPSA) is 62.2 Å². The Bertz CT molecular complexity index is 594. The van der Waals surface area contributed by atoms with Crippen LogP contribution in [0, 0.1) is 5.82 Å². The number of halogens is 1. The average Bonchev–Trinajstić information content (AvgIpc) is 3.02. The van der Waals surface area contributed by atoms with Crippen LogP contribution in [0.3, 0.4) is 0 Å². The minimum absolute atomic E-state index is 0.0453. The first kappa shape index (κ1) is 18.1. The molecule has 3 rings (SSSR count). The quantitative estimate of drug-likeness (QED) is 0.824.